The number of rotatable bonds is 6. The molecule has 9 heteroatoms. The van der Waals surface area contributed by atoms with Crippen LogP contribution in [0.15, 0.2) is 54.1 Å². The van der Waals surface area contributed by atoms with E-state index in [4.69, 9.17) is 4.74 Å². The molecule has 45 heavy (non-hydrogen) atoms. The molecule has 4 fully saturated rings. The minimum absolute atomic E-state index is 0.00210. The molecule has 0 saturated heterocycles. The van der Waals surface area contributed by atoms with E-state index in [1.165, 1.54) is 19.1 Å². The van der Waals surface area contributed by atoms with Gasteiger partial charge in [-0.25, -0.2) is 8.78 Å². The molecule has 242 valence electrons. The second kappa shape index (κ2) is 11.0. The molecule has 1 aromatic rings. The van der Waals surface area contributed by atoms with Crippen molar-refractivity contribution in [3.05, 3.63) is 59.7 Å². The Kier molecular flexibility index (Phi) is 7.87. The fraction of sp³-hybridized carbons (Fsp3) is 0.611. The Morgan fingerprint density at radius 3 is 2.38 bits per heavy atom. The van der Waals surface area contributed by atoms with Crippen LogP contribution >= 0.6 is 11.8 Å². The number of hydrogen-bond donors (Lipinski definition) is 1. The number of thioether (sulfide) groups is 1. The summed E-state index contributed by atoms with van der Waals surface area (Å²) in [6.45, 7) is 6.74. The van der Waals surface area contributed by atoms with Crippen molar-refractivity contribution in [3.63, 3.8) is 0 Å². The number of ether oxygens (including phenoxy) is 1. The molecule has 0 aromatic heterocycles. The second-order valence-corrected chi connectivity index (χ2v) is 15.7. The molecule has 4 saturated carbocycles. The van der Waals surface area contributed by atoms with Crippen molar-refractivity contribution < 1.29 is 37.8 Å². The summed E-state index contributed by atoms with van der Waals surface area (Å²) in [5, 5.41) is 11.4. The van der Waals surface area contributed by atoms with Gasteiger partial charge in [0.25, 0.3) is 0 Å². The molecule has 0 bridgehead atoms. The van der Waals surface area contributed by atoms with Crippen molar-refractivity contribution in [1.82, 2.24) is 0 Å². The molecule has 0 heterocycles. The summed E-state index contributed by atoms with van der Waals surface area (Å²) in [6.07, 6.45) is 2.82. The summed E-state index contributed by atoms with van der Waals surface area (Å²) in [7, 11) is 0. The van der Waals surface area contributed by atoms with Gasteiger partial charge in [0.15, 0.2) is 22.8 Å². The monoisotopic (exact) mass is 640 g/mol. The lowest BCUT2D eigenvalue weighted by Gasteiger charge is -2.63. The zero-order valence-corrected chi connectivity index (χ0v) is 27.1. The normalized spacial score (nSPS) is 41.4. The summed E-state index contributed by atoms with van der Waals surface area (Å²) in [6, 6.07) is 8.86. The van der Waals surface area contributed by atoms with Gasteiger partial charge in [-0.15, -0.1) is 0 Å². The number of carbonyl (C=O) groups excluding carboxylic acids is 4. The second-order valence-electron chi connectivity index (χ2n) is 14.3. The molecule has 9 atom stereocenters. The van der Waals surface area contributed by atoms with E-state index < -0.39 is 73.7 Å². The zero-order chi connectivity index (χ0) is 32.6. The van der Waals surface area contributed by atoms with E-state index >= 15 is 8.78 Å². The molecule has 5 aliphatic carbocycles. The Morgan fingerprint density at radius 1 is 1.07 bits per heavy atom. The Hall–Kier alpha value is -2.65. The molecule has 3 unspecified atom stereocenters. The number of aliphatic hydroxyl groups is 1. The van der Waals surface area contributed by atoms with Gasteiger partial charge in [-0.05, 0) is 62.7 Å². The molecular formula is C36H42F2O6S. The van der Waals surface area contributed by atoms with Crippen molar-refractivity contribution in [1.29, 1.82) is 0 Å². The molecule has 1 aromatic carbocycles. The molecule has 0 radical (unpaired) electrons. The number of allylic oxidation sites excluding steroid dienone is 4. The average Bonchev–Trinajstić information content (AvgIpc) is 3.57. The zero-order valence-electron chi connectivity index (χ0n) is 26.3. The number of aliphatic hydroxyl groups excluding tert-OH is 1. The first kappa shape index (κ1) is 32.3. The van der Waals surface area contributed by atoms with Gasteiger partial charge in [0.2, 0.25) is 5.12 Å². The van der Waals surface area contributed by atoms with E-state index in [0.29, 0.717) is 18.4 Å². The molecule has 6 nitrogen and oxygen atoms in total. The maximum atomic E-state index is 17.8. The van der Waals surface area contributed by atoms with Crippen molar-refractivity contribution >= 4 is 34.4 Å². The largest absolute Gasteiger partial charge is 0.449 e. The van der Waals surface area contributed by atoms with Gasteiger partial charge in [0, 0.05) is 34.7 Å². The number of carbonyl (C=O) groups is 4. The van der Waals surface area contributed by atoms with Crippen LogP contribution in [0.5, 0.6) is 0 Å². The molecular weight excluding hydrogens is 598 g/mol. The number of halogens is 2. The maximum absolute atomic E-state index is 17.8. The predicted octanol–water partition coefficient (Wildman–Crippen LogP) is 6.70. The van der Waals surface area contributed by atoms with Gasteiger partial charge in [-0.3, -0.25) is 19.2 Å². The summed E-state index contributed by atoms with van der Waals surface area (Å²) < 4.78 is 38.9. The van der Waals surface area contributed by atoms with Crippen molar-refractivity contribution in [2.75, 3.05) is 0 Å². The maximum Gasteiger partial charge on any atom is 0.306 e. The van der Waals surface area contributed by atoms with E-state index in [9.17, 15) is 24.3 Å². The van der Waals surface area contributed by atoms with Crippen LogP contribution in [-0.2, 0) is 19.1 Å². The molecule has 0 amide bonds. The summed E-state index contributed by atoms with van der Waals surface area (Å²) in [4.78, 5) is 54.3. The van der Waals surface area contributed by atoms with Crippen LogP contribution in [0.3, 0.4) is 0 Å². The first-order chi connectivity index (χ1) is 21.2. The number of Topliss-reactive ketones (excluding diaryl/α,β-unsaturated/α-hetero) is 1. The van der Waals surface area contributed by atoms with Gasteiger partial charge < -0.3 is 9.84 Å². The Bertz CT molecular complexity index is 1490. The van der Waals surface area contributed by atoms with Crippen molar-refractivity contribution in [2.24, 2.45) is 28.6 Å². The van der Waals surface area contributed by atoms with Gasteiger partial charge in [-0.2, -0.15) is 0 Å². The highest BCUT2D eigenvalue weighted by Gasteiger charge is 2.78. The third-order valence-electron chi connectivity index (χ3n) is 12.2. The lowest BCUT2D eigenvalue weighted by Crippen LogP contribution is -2.70. The minimum atomic E-state index is -2.32. The summed E-state index contributed by atoms with van der Waals surface area (Å²) in [5.74, 6) is -3.40. The standard InChI is InChI=1S/C36H42F2O6S/c1-5-29(41)44-36(31(43)45-34(14-9-10-15-34)30(42)22-11-7-6-8-12-22)21(2)17-24-25-19-27(37)26-18-23(39)13-16-32(26,3)35(25,38)28(40)20-33(24,36)4/h6-8,11-13,16,18,21,24-25,27-28,40H,5,9-10,14-15,17,19-20H2,1-4H3/t21?,24?,25?,27-,28-,32-,33-,35-,36-/m0/s1. The SMILES string of the molecule is CCC(=O)O[C@]1(C(=O)SC2(C(=O)c3ccccc3)CCCC2)C(C)CC2C3C[C@H](F)C4=CC(=O)C=C[C@]4(C)[C@@]3(F)[C@@H](O)C[C@@]21C. The van der Waals surface area contributed by atoms with Gasteiger partial charge in [0.05, 0.1) is 10.9 Å². The van der Waals surface area contributed by atoms with Gasteiger partial charge in [0.1, 0.15) is 6.17 Å². The van der Waals surface area contributed by atoms with Crippen molar-refractivity contribution in [3.8, 4) is 0 Å². The fourth-order valence-corrected chi connectivity index (χ4v) is 11.6. The Labute approximate surface area is 267 Å². The van der Waals surface area contributed by atoms with E-state index in [0.717, 1.165) is 30.7 Å². The van der Waals surface area contributed by atoms with Crippen LogP contribution < -0.4 is 0 Å². The highest BCUT2D eigenvalue weighted by atomic mass is 32.2. The molecule has 0 aliphatic heterocycles. The van der Waals surface area contributed by atoms with E-state index in [1.54, 1.807) is 45.0 Å². The number of esters is 1. The van der Waals surface area contributed by atoms with Gasteiger partial charge >= 0.3 is 5.97 Å². The minimum Gasteiger partial charge on any atom is -0.449 e. The predicted molar refractivity (Wildman–Crippen MR) is 167 cm³/mol. The van der Waals surface area contributed by atoms with Crippen LogP contribution in [-0.4, -0.2) is 56.1 Å². The molecule has 1 N–H and O–H groups in total. The van der Waals surface area contributed by atoms with Crippen LogP contribution in [0.25, 0.3) is 0 Å². The van der Waals surface area contributed by atoms with Gasteiger partial charge in [-0.1, -0.05) is 81.8 Å². The quantitative estimate of drug-likeness (QED) is 0.273. The number of ketones is 2. The van der Waals surface area contributed by atoms with Crippen LogP contribution in [0, 0.1) is 28.6 Å². The third kappa shape index (κ3) is 4.35. The number of alkyl halides is 2. The smallest absolute Gasteiger partial charge is 0.306 e. The number of fused-ring (bicyclic) bond motifs is 5. The lowest BCUT2D eigenvalue weighted by molar-refractivity contribution is -0.228. The Morgan fingerprint density at radius 2 is 1.73 bits per heavy atom. The fourth-order valence-electron chi connectivity index (χ4n) is 9.90. The first-order valence-corrected chi connectivity index (χ1v) is 17.0. The highest BCUT2D eigenvalue weighted by molar-refractivity contribution is 8.15. The Balaban J connectivity index is 1.44. The lowest BCUT2D eigenvalue weighted by atomic mass is 9.44. The van der Waals surface area contributed by atoms with E-state index in [1.807, 2.05) is 6.07 Å². The van der Waals surface area contributed by atoms with Crippen LogP contribution in [0.4, 0.5) is 8.78 Å². The van der Waals surface area contributed by atoms with E-state index in [-0.39, 0.29) is 37.0 Å². The average molecular weight is 641 g/mol. The van der Waals surface area contributed by atoms with E-state index in [2.05, 4.69) is 0 Å². The summed E-state index contributed by atoms with van der Waals surface area (Å²) in [5.41, 5.74) is -6.37. The van der Waals surface area contributed by atoms with Crippen LogP contribution in [0.2, 0.25) is 0 Å². The summed E-state index contributed by atoms with van der Waals surface area (Å²) >= 11 is 0.939. The van der Waals surface area contributed by atoms with Crippen molar-refractivity contribution in [2.45, 2.75) is 107 Å². The first-order valence-electron chi connectivity index (χ1n) is 16.2. The molecule has 6 rings (SSSR count). The third-order valence-corrected chi connectivity index (χ3v) is 13.7. The highest BCUT2D eigenvalue weighted by Crippen LogP contribution is 2.72. The van der Waals surface area contributed by atoms with Crippen LogP contribution in [0.1, 0.15) is 89.4 Å². The topological polar surface area (TPSA) is 97.7 Å². The molecule has 0 spiro atoms. The number of hydrogen-bond acceptors (Lipinski definition) is 7. The number of benzene rings is 1. The molecule has 5 aliphatic rings.